The summed E-state index contributed by atoms with van der Waals surface area (Å²) >= 11 is 0. The Kier molecular flexibility index (Phi) is 2.73. The average Bonchev–Trinajstić information content (AvgIpc) is 2.47. The van der Waals surface area contributed by atoms with Crippen molar-refractivity contribution in [1.29, 1.82) is 5.26 Å². The van der Waals surface area contributed by atoms with Crippen molar-refractivity contribution < 1.29 is 4.39 Å². The third-order valence-electron chi connectivity index (χ3n) is 2.88. The minimum Gasteiger partial charge on any atom is -0.268 e. The number of nitriles is 1. The number of halogens is 1. The second kappa shape index (κ2) is 4.55. The fourth-order valence-electron chi connectivity index (χ4n) is 2.01. The van der Waals surface area contributed by atoms with E-state index in [1.165, 1.54) is 24.5 Å². The molecule has 0 saturated carbocycles. The molecule has 0 amide bonds. The molecular weight excluding hydrogens is 259 g/mol. The van der Waals surface area contributed by atoms with E-state index in [0.717, 1.165) is 4.57 Å². The van der Waals surface area contributed by atoms with Gasteiger partial charge in [-0.25, -0.2) is 9.55 Å². The summed E-state index contributed by atoms with van der Waals surface area (Å²) in [6, 6.07) is 9.59. The number of nitrogens with zero attached hydrogens (tertiary/aromatic N) is 4. The van der Waals surface area contributed by atoms with Gasteiger partial charge in [0.2, 0.25) is 0 Å². The van der Waals surface area contributed by atoms with Gasteiger partial charge in [-0.05, 0) is 24.3 Å². The van der Waals surface area contributed by atoms with Gasteiger partial charge in [-0.15, -0.1) is 0 Å². The molecule has 0 N–H and O–H groups in total. The third-order valence-corrected chi connectivity index (χ3v) is 2.88. The van der Waals surface area contributed by atoms with Gasteiger partial charge >= 0.3 is 0 Å². The van der Waals surface area contributed by atoms with Gasteiger partial charge in [0.25, 0.3) is 11.6 Å². The summed E-state index contributed by atoms with van der Waals surface area (Å²) in [5, 5.41) is 9.16. The molecule has 0 bridgehead atoms. The smallest absolute Gasteiger partial charge is 0.268 e. The van der Waals surface area contributed by atoms with Crippen molar-refractivity contribution in [2.75, 3.05) is 0 Å². The van der Waals surface area contributed by atoms with Gasteiger partial charge in [0.1, 0.15) is 6.07 Å². The lowest BCUT2D eigenvalue weighted by Crippen LogP contribution is -2.23. The van der Waals surface area contributed by atoms with Crippen LogP contribution in [-0.4, -0.2) is 14.5 Å². The summed E-state index contributed by atoms with van der Waals surface area (Å²) in [6.07, 6.45) is 1.93. The maximum atomic E-state index is 14.0. The highest BCUT2D eigenvalue weighted by Crippen LogP contribution is 2.14. The minimum atomic E-state index is -0.939. The fourth-order valence-corrected chi connectivity index (χ4v) is 2.01. The first-order valence-electron chi connectivity index (χ1n) is 5.74. The predicted octanol–water partition coefficient (Wildman–Crippen LogP) is 1.79. The highest BCUT2D eigenvalue weighted by molar-refractivity contribution is 5.83. The number of rotatable bonds is 1. The molecular formula is C14H7FN4O. The van der Waals surface area contributed by atoms with E-state index >= 15 is 0 Å². The molecule has 3 aromatic rings. The molecule has 1 aromatic carbocycles. The average molecular weight is 266 g/mol. The Morgan fingerprint density at radius 3 is 2.80 bits per heavy atom. The van der Waals surface area contributed by atoms with E-state index in [2.05, 4.69) is 9.97 Å². The Bertz CT molecular complexity index is 897. The monoisotopic (exact) mass is 266 g/mol. The van der Waals surface area contributed by atoms with Crippen molar-refractivity contribution in [2.45, 2.75) is 0 Å². The molecule has 0 unspecified atom stereocenters. The van der Waals surface area contributed by atoms with Gasteiger partial charge < -0.3 is 0 Å². The zero-order valence-electron chi connectivity index (χ0n) is 10.1. The van der Waals surface area contributed by atoms with E-state index in [-0.39, 0.29) is 22.2 Å². The highest BCUT2D eigenvalue weighted by atomic mass is 19.1. The Hall–Kier alpha value is -3.07. The first-order valence-corrected chi connectivity index (χ1v) is 5.74. The Balaban J connectivity index is 2.47. The molecule has 0 fully saturated rings. The summed E-state index contributed by atoms with van der Waals surface area (Å²) < 4.78 is 14.8. The molecule has 0 spiro atoms. The van der Waals surface area contributed by atoms with Crippen molar-refractivity contribution in [2.24, 2.45) is 0 Å². The van der Waals surface area contributed by atoms with Crippen LogP contribution in [-0.2, 0) is 0 Å². The molecule has 20 heavy (non-hydrogen) atoms. The number of pyridine rings is 1. The molecule has 5 nitrogen and oxygen atoms in total. The van der Waals surface area contributed by atoms with E-state index in [1.54, 1.807) is 18.2 Å². The van der Waals surface area contributed by atoms with Crippen LogP contribution in [0.1, 0.15) is 5.56 Å². The van der Waals surface area contributed by atoms with Crippen LogP contribution < -0.4 is 5.56 Å². The molecule has 6 heteroatoms. The molecule has 0 aliphatic heterocycles. The summed E-state index contributed by atoms with van der Waals surface area (Å²) in [6.45, 7) is 0. The van der Waals surface area contributed by atoms with Crippen LogP contribution in [0.25, 0.3) is 16.6 Å². The summed E-state index contributed by atoms with van der Waals surface area (Å²) in [4.78, 5) is 20.0. The summed E-state index contributed by atoms with van der Waals surface area (Å²) in [5.74, 6) is 0. The first-order chi connectivity index (χ1) is 9.72. The van der Waals surface area contributed by atoms with Crippen LogP contribution >= 0.6 is 0 Å². The second-order valence-electron chi connectivity index (χ2n) is 4.04. The van der Waals surface area contributed by atoms with Gasteiger partial charge in [0.05, 0.1) is 28.4 Å². The summed E-state index contributed by atoms with van der Waals surface area (Å²) in [7, 11) is 0. The van der Waals surface area contributed by atoms with E-state index in [0.29, 0.717) is 0 Å². The highest BCUT2D eigenvalue weighted by Gasteiger charge is 2.14. The number of fused-ring (bicyclic) bond motifs is 1. The largest absolute Gasteiger partial charge is 0.297 e. The maximum absolute atomic E-state index is 14.0. The third kappa shape index (κ3) is 1.73. The maximum Gasteiger partial charge on any atom is 0.297 e. The standard InChI is InChI=1S/C14H7FN4O/c15-14-18-11-5-1-3-9(7-16)12(11)13(20)19(14)10-4-2-6-17-8-10/h1-6,8H. The zero-order valence-corrected chi connectivity index (χ0v) is 10.1. The molecule has 0 radical (unpaired) electrons. The molecule has 0 aliphatic carbocycles. The molecule has 2 aromatic heterocycles. The van der Waals surface area contributed by atoms with Crippen molar-refractivity contribution in [3.8, 4) is 11.8 Å². The zero-order chi connectivity index (χ0) is 14.1. The van der Waals surface area contributed by atoms with Gasteiger partial charge in [-0.3, -0.25) is 9.78 Å². The number of hydrogen-bond acceptors (Lipinski definition) is 4. The normalized spacial score (nSPS) is 10.4. The predicted molar refractivity (Wildman–Crippen MR) is 69.8 cm³/mol. The SMILES string of the molecule is N#Cc1cccc2nc(F)n(-c3cccnc3)c(=O)c12. The van der Waals surface area contributed by atoms with Crippen LogP contribution in [0.15, 0.2) is 47.5 Å². The van der Waals surface area contributed by atoms with Crippen LogP contribution in [0.5, 0.6) is 0 Å². The minimum absolute atomic E-state index is 0.0975. The van der Waals surface area contributed by atoms with E-state index in [4.69, 9.17) is 5.26 Å². The molecule has 0 atom stereocenters. The second-order valence-corrected chi connectivity index (χ2v) is 4.04. The number of benzene rings is 1. The Morgan fingerprint density at radius 1 is 1.25 bits per heavy atom. The van der Waals surface area contributed by atoms with Crippen LogP contribution in [0.2, 0.25) is 0 Å². The van der Waals surface area contributed by atoms with E-state index < -0.39 is 11.6 Å². The van der Waals surface area contributed by atoms with Crippen LogP contribution in [0.4, 0.5) is 4.39 Å². The van der Waals surface area contributed by atoms with Crippen LogP contribution in [0.3, 0.4) is 0 Å². The lowest BCUT2D eigenvalue weighted by molar-refractivity contribution is 0.506. The molecule has 0 saturated heterocycles. The summed E-state index contributed by atoms with van der Waals surface area (Å²) in [5.41, 5.74) is -0.0425. The van der Waals surface area contributed by atoms with Crippen LogP contribution in [0, 0.1) is 17.4 Å². The van der Waals surface area contributed by atoms with Gasteiger partial charge in [-0.2, -0.15) is 9.65 Å². The Labute approximate surface area is 112 Å². The van der Waals surface area contributed by atoms with Gasteiger partial charge in [-0.1, -0.05) is 6.07 Å². The molecule has 2 heterocycles. The quantitative estimate of drug-likeness (QED) is 0.629. The van der Waals surface area contributed by atoms with Gasteiger partial charge in [0, 0.05) is 6.20 Å². The van der Waals surface area contributed by atoms with E-state index in [1.807, 2.05) is 6.07 Å². The van der Waals surface area contributed by atoms with Crippen molar-refractivity contribution in [3.05, 3.63) is 64.7 Å². The molecule has 0 aliphatic rings. The lowest BCUT2D eigenvalue weighted by atomic mass is 10.1. The van der Waals surface area contributed by atoms with Crippen molar-refractivity contribution in [3.63, 3.8) is 0 Å². The molecule has 3 rings (SSSR count). The Morgan fingerprint density at radius 2 is 2.10 bits per heavy atom. The fraction of sp³-hybridized carbons (Fsp3) is 0. The first kappa shape index (κ1) is 12.0. The van der Waals surface area contributed by atoms with Crippen molar-refractivity contribution in [1.82, 2.24) is 14.5 Å². The van der Waals surface area contributed by atoms with Gasteiger partial charge in [0.15, 0.2) is 0 Å². The number of aromatic nitrogens is 3. The number of hydrogen-bond donors (Lipinski definition) is 0. The lowest BCUT2D eigenvalue weighted by Gasteiger charge is -2.08. The van der Waals surface area contributed by atoms with Crippen molar-refractivity contribution >= 4 is 10.9 Å². The topological polar surface area (TPSA) is 71.6 Å². The molecule has 96 valence electrons. The van der Waals surface area contributed by atoms with E-state index in [9.17, 15) is 9.18 Å².